The molecule has 0 aliphatic rings. The van der Waals surface area contributed by atoms with E-state index in [2.05, 4.69) is 15.2 Å². The molecule has 0 saturated heterocycles. The van der Waals surface area contributed by atoms with Gasteiger partial charge in [-0.1, -0.05) is 0 Å². The van der Waals surface area contributed by atoms with Gasteiger partial charge in [0, 0.05) is 25.7 Å². The number of alkyl halides is 3. The standard InChI is InChI=1S/C24H21F3N4O5/c1-30-11-3-4-20(23(30)33)28-21-18-10-9-17(35-13-12-34-2)14-19(18)22(32)31(29-21)15-5-7-16(8-6-15)36-24(25,26)27/h3-11,14H,12-13H2,1-2H3,(H,28,29). The molecule has 0 aliphatic carbocycles. The van der Waals surface area contributed by atoms with Gasteiger partial charge < -0.3 is 24.1 Å². The molecule has 0 spiro atoms. The van der Waals surface area contributed by atoms with E-state index in [1.54, 1.807) is 37.5 Å². The normalized spacial score (nSPS) is 11.5. The first-order valence-electron chi connectivity index (χ1n) is 10.6. The number of anilines is 2. The lowest BCUT2D eigenvalue weighted by molar-refractivity contribution is -0.274. The number of halogens is 3. The number of ether oxygens (including phenoxy) is 3. The summed E-state index contributed by atoms with van der Waals surface area (Å²) in [5.74, 6) is 0.150. The summed E-state index contributed by atoms with van der Waals surface area (Å²) in [6, 6.07) is 12.7. The number of nitrogens with one attached hydrogen (secondary N) is 1. The number of benzene rings is 2. The molecular formula is C24H21F3N4O5. The van der Waals surface area contributed by atoms with Crippen molar-refractivity contribution in [1.29, 1.82) is 0 Å². The molecule has 0 saturated carbocycles. The van der Waals surface area contributed by atoms with Gasteiger partial charge in [0.15, 0.2) is 5.82 Å². The van der Waals surface area contributed by atoms with Crippen molar-refractivity contribution in [1.82, 2.24) is 14.3 Å². The highest BCUT2D eigenvalue weighted by molar-refractivity contribution is 5.93. The lowest BCUT2D eigenvalue weighted by Gasteiger charge is -2.14. The Hall–Kier alpha value is -4.32. The van der Waals surface area contributed by atoms with Gasteiger partial charge in [0.25, 0.3) is 11.1 Å². The van der Waals surface area contributed by atoms with E-state index in [-0.39, 0.29) is 34.7 Å². The van der Waals surface area contributed by atoms with Crippen LogP contribution in [0.15, 0.2) is 70.4 Å². The van der Waals surface area contributed by atoms with Gasteiger partial charge in [-0.15, -0.1) is 18.3 Å². The summed E-state index contributed by atoms with van der Waals surface area (Å²) in [5.41, 5.74) is -0.462. The van der Waals surface area contributed by atoms with Crippen molar-refractivity contribution in [2.75, 3.05) is 25.6 Å². The second kappa shape index (κ2) is 10.1. The molecule has 0 fully saturated rings. The summed E-state index contributed by atoms with van der Waals surface area (Å²) < 4.78 is 54.5. The number of hydrogen-bond donors (Lipinski definition) is 1. The van der Waals surface area contributed by atoms with Gasteiger partial charge in [-0.3, -0.25) is 9.59 Å². The molecule has 2 aromatic carbocycles. The van der Waals surface area contributed by atoms with Crippen molar-refractivity contribution in [3.8, 4) is 17.2 Å². The maximum absolute atomic E-state index is 13.4. The Labute approximate surface area is 202 Å². The van der Waals surface area contributed by atoms with Crippen molar-refractivity contribution >= 4 is 22.3 Å². The van der Waals surface area contributed by atoms with Crippen LogP contribution in [0, 0.1) is 0 Å². The van der Waals surface area contributed by atoms with E-state index in [0.717, 1.165) is 16.8 Å². The Morgan fingerprint density at radius 3 is 2.36 bits per heavy atom. The molecule has 4 rings (SSSR count). The topological polar surface area (TPSA) is 96.6 Å². The Bertz CT molecular complexity index is 1500. The van der Waals surface area contributed by atoms with Crippen LogP contribution in [0.1, 0.15) is 0 Å². The lowest BCUT2D eigenvalue weighted by Crippen LogP contribution is -2.24. The summed E-state index contributed by atoms with van der Waals surface area (Å²) in [5, 5.41) is 7.97. The van der Waals surface area contributed by atoms with Crippen LogP contribution >= 0.6 is 0 Å². The van der Waals surface area contributed by atoms with Crippen molar-refractivity contribution < 1.29 is 27.4 Å². The molecule has 0 bridgehead atoms. The second-order valence-corrected chi connectivity index (χ2v) is 7.62. The highest BCUT2D eigenvalue weighted by Gasteiger charge is 2.31. The van der Waals surface area contributed by atoms with Gasteiger partial charge in [-0.05, 0) is 54.6 Å². The number of aryl methyl sites for hydroxylation is 1. The molecule has 2 heterocycles. The minimum Gasteiger partial charge on any atom is -0.491 e. The largest absolute Gasteiger partial charge is 0.573 e. The van der Waals surface area contributed by atoms with Crippen LogP contribution in [0.2, 0.25) is 0 Å². The quantitative estimate of drug-likeness (QED) is 0.367. The average molecular weight is 502 g/mol. The van der Waals surface area contributed by atoms with E-state index in [1.807, 2.05) is 0 Å². The van der Waals surface area contributed by atoms with Crippen molar-refractivity contribution in [2.45, 2.75) is 6.36 Å². The number of hydrogen-bond acceptors (Lipinski definition) is 7. The molecule has 0 atom stereocenters. The second-order valence-electron chi connectivity index (χ2n) is 7.62. The number of nitrogens with zero attached hydrogens (tertiary/aromatic N) is 3. The van der Waals surface area contributed by atoms with Gasteiger partial charge in [-0.25, -0.2) is 0 Å². The monoisotopic (exact) mass is 502 g/mol. The number of aromatic nitrogens is 3. The van der Waals surface area contributed by atoms with Gasteiger partial charge in [0.05, 0.1) is 17.7 Å². The minimum atomic E-state index is -4.85. The SMILES string of the molecule is COCCOc1ccc2c(Nc3cccn(C)c3=O)nn(-c3ccc(OC(F)(F)F)cc3)c(=O)c2c1. The fourth-order valence-electron chi connectivity index (χ4n) is 3.43. The van der Waals surface area contributed by atoms with Crippen LogP contribution in [-0.2, 0) is 11.8 Å². The van der Waals surface area contributed by atoms with Gasteiger partial charge in [0.2, 0.25) is 0 Å². The summed E-state index contributed by atoms with van der Waals surface area (Å²) >= 11 is 0. The number of fused-ring (bicyclic) bond motifs is 1. The third-order valence-corrected chi connectivity index (χ3v) is 5.12. The van der Waals surface area contributed by atoms with Gasteiger partial charge in [-0.2, -0.15) is 4.68 Å². The van der Waals surface area contributed by atoms with E-state index in [4.69, 9.17) is 9.47 Å². The molecule has 9 nitrogen and oxygen atoms in total. The lowest BCUT2D eigenvalue weighted by atomic mass is 10.1. The summed E-state index contributed by atoms with van der Waals surface area (Å²) in [6.07, 6.45) is -3.26. The Morgan fingerprint density at radius 1 is 0.944 bits per heavy atom. The Balaban J connectivity index is 1.84. The summed E-state index contributed by atoms with van der Waals surface area (Å²) in [6.45, 7) is 0.599. The molecule has 4 aromatic rings. The smallest absolute Gasteiger partial charge is 0.491 e. The molecule has 188 valence electrons. The fraction of sp³-hybridized carbons (Fsp3) is 0.208. The van der Waals surface area contributed by atoms with Gasteiger partial charge in [0.1, 0.15) is 23.8 Å². The number of rotatable bonds is 8. The molecule has 1 N–H and O–H groups in total. The summed E-state index contributed by atoms with van der Waals surface area (Å²) in [4.78, 5) is 25.9. The molecule has 0 amide bonds. The van der Waals surface area contributed by atoms with Crippen LogP contribution in [0.3, 0.4) is 0 Å². The molecular weight excluding hydrogens is 481 g/mol. The Morgan fingerprint density at radius 2 is 1.67 bits per heavy atom. The summed E-state index contributed by atoms with van der Waals surface area (Å²) in [7, 11) is 3.12. The van der Waals surface area contributed by atoms with Crippen molar-refractivity contribution in [3.63, 3.8) is 0 Å². The molecule has 36 heavy (non-hydrogen) atoms. The molecule has 0 aliphatic heterocycles. The van der Waals surface area contributed by atoms with E-state index < -0.39 is 17.7 Å². The van der Waals surface area contributed by atoms with Crippen molar-refractivity contribution in [3.05, 3.63) is 81.5 Å². The molecule has 0 unspecified atom stereocenters. The third-order valence-electron chi connectivity index (χ3n) is 5.12. The van der Waals surface area contributed by atoms with Crippen LogP contribution in [0.5, 0.6) is 11.5 Å². The minimum absolute atomic E-state index is 0.186. The number of pyridine rings is 1. The predicted octanol–water partition coefficient (Wildman–Crippen LogP) is 3.75. The molecule has 12 heteroatoms. The molecule has 0 radical (unpaired) electrons. The van der Waals surface area contributed by atoms with Crippen LogP contribution in [-0.4, -0.2) is 41.0 Å². The first kappa shape index (κ1) is 24.8. The zero-order chi connectivity index (χ0) is 25.9. The fourth-order valence-corrected chi connectivity index (χ4v) is 3.43. The van der Waals surface area contributed by atoms with E-state index in [1.165, 1.54) is 29.9 Å². The van der Waals surface area contributed by atoms with Crippen LogP contribution in [0.25, 0.3) is 16.5 Å². The number of methoxy groups -OCH3 is 1. The van der Waals surface area contributed by atoms with Crippen LogP contribution < -0.4 is 25.9 Å². The van der Waals surface area contributed by atoms with E-state index in [0.29, 0.717) is 17.7 Å². The third kappa shape index (κ3) is 5.49. The van der Waals surface area contributed by atoms with E-state index >= 15 is 0 Å². The highest BCUT2D eigenvalue weighted by Crippen LogP contribution is 2.27. The maximum Gasteiger partial charge on any atom is 0.573 e. The molecule has 2 aromatic heterocycles. The van der Waals surface area contributed by atoms with Crippen molar-refractivity contribution in [2.24, 2.45) is 7.05 Å². The predicted molar refractivity (Wildman–Crippen MR) is 126 cm³/mol. The Kier molecular flexibility index (Phi) is 6.97. The van der Waals surface area contributed by atoms with E-state index in [9.17, 15) is 22.8 Å². The first-order valence-corrected chi connectivity index (χ1v) is 10.6. The average Bonchev–Trinajstić information content (AvgIpc) is 2.83. The first-order chi connectivity index (χ1) is 17.2. The highest BCUT2D eigenvalue weighted by atomic mass is 19.4. The maximum atomic E-state index is 13.4. The van der Waals surface area contributed by atoms with Crippen LogP contribution in [0.4, 0.5) is 24.7 Å². The zero-order valence-electron chi connectivity index (χ0n) is 19.2. The zero-order valence-corrected chi connectivity index (χ0v) is 19.2. The van der Waals surface area contributed by atoms with Gasteiger partial charge >= 0.3 is 6.36 Å².